The summed E-state index contributed by atoms with van der Waals surface area (Å²) in [5.41, 5.74) is 3.20. The van der Waals surface area contributed by atoms with Crippen LogP contribution in [0.3, 0.4) is 0 Å². The minimum atomic E-state index is 0.123. The summed E-state index contributed by atoms with van der Waals surface area (Å²) in [6, 6.07) is 2.48. The first-order valence-electron chi connectivity index (χ1n) is 9.93. The van der Waals surface area contributed by atoms with E-state index in [1.807, 2.05) is 17.3 Å². The predicted octanol–water partition coefficient (Wildman–Crippen LogP) is 3.76. The van der Waals surface area contributed by atoms with E-state index in [0.29, 0.717) is 12.0 Å². The molecule has 3 heterocycles. The molecule has 2 aliphatic rings. The van der Waals surface area contributed by atoms with Crippen molar-refractivity contribution in [1.82, 2.24) is 19.4 Å². The Morgan fingerprint density at radius 1 is 1.19 bits per heavy atom. The minimum Gasteiger partial charge on any atom is -0.338 e. The van der Waals surface area contributed by atoms with Crippen molar-refractivity contribution >= 4 is 5.91 Å². The summed E-state index contributed by atoms with van der Waals surface area (Å²) in [6.45, 7) is 5.93. The van der Waals surface area contributed by atoms with Gasteiger partial charge in [0.1, 0.15) is 5.82 Å². The van der Waals surface area contributed by atoms with Crippen LogP contribution in [0.4, 0.5) is 0 Å². The molecular weight excluding hydrogens is 324 g/mol. The van der Waals surface area contributed by atoms with E-state index in [1.54, 1.807) is 6.20 Å². The molecule has 4 rings (SSSR count). The number of fused-ring (bicyclic) bond motifs is 1. The van der Waals surface area contributed by atoms with Crippen LogP contribution in [0.2, 0.25) is 0 Å². The first-order chi connectivity index (χ1) is 12.6. The largest absolute Gasteiger partial charge is 0.338 e. The van der Waals surface area contributed by atoms with Crippen LogP contribution in [0.1, 0.15) is 78.9 Å². The fourth-order valence-corrected chi connectivity index (χ4v) is 4.34. The third kappa shape index (κ3) is 3.27. The van der Waals surface area contributed by atoms with Crippen LogP contribution < -0.4 is 0 Å². The molecule has 1 fully saturated rings. The molecule has 1 atom stereocenters. The molecule has 0 radical (unpaired) electrons. The molecule has 5 heteroatoms. The van der Waals surface area contributed by atoms with E-state index >= 15 is 0 Å². The van der Waals surface area contributed by atoms with Crippen molar-refractivity contribution in [2.24, 2.45) is 0 Å². The lowest BCUT2D eigenvalue weighted by Gasteiger charge is -2.33. The quantitative estimate of drug-likeness (QED) is 0.845. The SMILES string of the molecule is CC(C)n1ccnc1C1CCCN(C(=O)c2cnc3c(c2)CCCC3)C1. The van der Waals surface area contributed by atoms with Gasteiger partial charge in [0, 0.05) is 49.3 Å². The first kappa shape index (κ1) is 17.3. The molecule has 1 aliphatic carbocycles. The maximum Gasteiger partial charge on any atom is 0.255 e. The minimum absolute atomic E-state index is 0.123. The third-order valence-electron chi connectivity index (χ3n) is 5.75. The highest BCUT2D eigenvalue weighted by atomic mass is 16.2. The van der Waals surface area contributed by atoms with Crippen LogP contribution in [0, 0.1) is 0 Å². The Hall–Kier alpha value is -2.17. The molecule has 0 saturated carbocycles. The average molecular weight is 352 g/mol. The molecule has 1 unspecified atom stereocenters. The summed E-state index contributed by atoms with van der Waals surface area (Å²) in [6.07, 6.45) is 12.4. The van der Waals surface area contributed by atoms with E-state index in [1.165, 1.54) is 24.1 Å². The Bertz CT molecular complexity index is 795. The van der Waals surface area contributed by atoms with Gasteiger partial charge in [0.25, 0.3) is 5.91 Å². The molecule has 2 aromatic rings. The second-order valence-electron chi connectivity index (χ2n) is 7.91. The lowest BCUT2D eigenvalue weighted by molar-refractivity contribution is 0.0702. The number of rotatable bonds is 3. The van der Waals surface area contributed by atoms with Crippen LogP contribution >= 0.6 is 0 Å². The number of carbonyl (C=O) groups is 1. The van der Waals surface area contributed by atoms with Gasteiger partial charge in [0.15, 0.2) is 0 Å². The molecule has 0 spiro atoms. The van der Waals surface area contributed by atoms with Gasteiger partial charge < -0.3 is 9.47 Å². The maximum absolute atomic E-state index is 13.1. The predicted molar refractivity (Wildman–Crippen MR) is 101 cm³/mol. The van der Waals surface area contributed by atoms with Gasteiger partial charge in [-0.25, -0.2) is 4.98 Å². The Labute approximate surface area is 155 Å². The molecule has 0 bridgehead atoms. The summed E-state index contributed by atoms with van der Waals surface area (Å²) >= 11 is 0. The average Bonchev–Trinajstić information content (AvgIpc) is 3.17. The Morgan fingerprint density at radius 2 is 2.04 bits per heavy atom. The summed E-state index contributed by atoms with van der Waals surface area (Å²) in [5.74, 6) is 1.55. The molecule has 0 aromatic carbocycles. The fourth-order valence-electron chi connectivity index (χ4n) is 4.34. The number of piperidine rings is 1. The third-order valence-corrected chi connectivity index (χ3v) is 5.75. The molecule has 2 aromatic heterocycles. The summed E-state index contributed by atoms with van der Waals surface area (Å²) in [5, 5.41) is 0. The fraction of sp³-hybridized carbons (Fsp3) is 0.571. The number of hydrogen-bond acceptors (Lipinski definition) is 3. The van der Waals surface area contributed by atoms with E-state index < -0.39 is 0 Å². The second-order valence-corrected chi connectivity index (χ2v) is 7.91. The first-order valence-corrected chi connectivity index (χ1v) is 9.93. The summed E-state index contributed by atoms with van der Waals surface area (Å²) in [7, 11) is 0. The number of pyridine rings is 1. The highest BCUT2D eigenvalue weighted by Crippen LogP contribution is 2.29. The van der Waals surface area contributed by atoms with E-state index in [4.69, 9.17) is 0 Å². The number of imidazole rings is 1. The molecule has 1 amide bonds. The van der Waals surface area contributed by atoms with E-state index in [2.05, 4.69) is 34.4 Å². The van der Waals surface area contributed by atoms with E-state index in [0.717, 1.165) is 50.2 Å². The molecule has 0 N–H and O–H groups in total. The Kier molecular flexibility index (Phi) is 4.79. The van der Waals surface area contributed by atoms with Crippen LogP contribution in [-0.4, -0.2) is 38.4 Å². The van der Waals surface area contributed by atoms with Crippen LogP contribution in [0.5, 0.6) is 0 Å². The van der Waals surface area contributed by atoms with E-state index in [9.17, 15) is 4.79 Å². The smallest absolute Gasteiger partial charge is 0.255 e. The maximum atomic E-state index is 13.1. The van der Waals surface area contributed by atoms with Gasteiger partial charge in [0.2, 0.25) is 0 Å². The number of carbonyl (C=O) groups excluding carboxylic acids is 1. The molecule has 1 aliphatic heterocycles. The van der Waals surface area contributed by atoms with Crippen LogP contribution in [0.25, 0.3) is 0 Å². The molecule has 1 saturated heterocycles. The van der Waals surface area contributed by atoms with Gasteiger partial charge in [-0.05, 0) is 64.0 Å². The standard InChI is InChI=1S/C21H28N4O/c1-15(2)25-11-9-22-20(25)17-7-5-10-24(14-17)21(26)18-12-16-6-3-4-8-19(16)23-13-18/h9,11-13,15,17H,3-8,10,14H2,1-2H3. The van der Waals surface area contributed by atoms with Gasteiger partial charge in [-0.1, -0.05) is 0 Å². The zero-order valence-corrected chi connectivity index (χ0v) is 15.8. The number of hydrogen-bond donors (Lipinski definition) is 0. The summed E-state index contributed by atoms with van der Waals surface area (Å²) in [4.78, 5) is 24.3. The van der Waals surface area contributed by atoms with Crippen molar-refractivity contribution in [1.29, 1.82) is 0 Å². The zero-order chi connectivity index (χ0) is 18.1. The number of amides is 1. The highest BCUT2D eigenvalue weighted by Gasteiger charge is 2.29. The topological polar surface area (TPSA) is 51.0 Å². The van der Waals surface area contributed by atoms with Gasteiger partial charge in [-0.3, -0.25) is 9.78 Å². The number of nitrogens with zero attached hydrogens (tertiary/aromatic N) is 4. The van der Waals surface area contributed by atoms with Crippen LogP contribution in [-0.2, 0) is 12.8 Å². The van der Waals surface area contributed by atoms with Crippen molar-refractivity contribution in [2.45, 2.75) is 64.3 Å². The van der Waals surface area contributed by atoms with Gasteiger partial charge in [-0.15, -0.1) is 0 Å². The number of aryl methyl sites for hydroxylation is 2. The van der Waals surface area contributed by atoms with Gasteiger partial charge in [0.05, 0.1) is 5.56 Å². The monoisotopic (exact) mass is 352 g/mol. The van der Waals surface area contributed by atoms with Crippen molar-refractivity contribution in [3.05, 3.63) is 47.3 Å². The Morgan fingerprint density at radius 3 is 2.88 bits per heavy atom. The number of likely N-dealkylation sites (tertiary alicyclic amines) is 1. The summed E-state index contributed by atoms with van der Waals surface area (Å²) < 4.78 is 2.24. The molecular formula is C21H28N4O. The zero-order valence-electron chi connectivity index (χ0n) is 15.8. The molecule has 5 nitrogen and oxygen atoms in total. The second kappa shape index (κ2) is 7.22. The number of aromatic nitrogens is 3. The van der Waals surface area contributed by atoms with Gasteiger partial charge in [-0.2, -0.15) is 0 Å². The lowest BCUT2D eigenvalue weighted by atomic mass is 9.94. The molecule has 138 valence electrons. The van der Waals surface area contributed by atoms with Gasteiger partial charge >= 0.3 is 0 Å². The molecule has 26 heavy (non-hydrogen) atoms. The lowest BCUT2D eigenvalue weighted by Crippen LogP contribution is -2.40. The van der Waals surface area contributed by atoms with Crippen molar-refractivity contribution in [3.63, 3.8) is 0 Å². The van der Waals surface area contributed by atoms with Crippen molar-refractivity contribution in [3.8, 4) is 0 Å². The van der Waals surface area contributed by atoms with Crippen molar-refractivity contribution < 1.29 is 4.79 Å². The normalized spacial score (nSPS) is 20.3. The Balaban J connectivity index is 1.52. The van der Waals surface area contributed by atoms with Crippen LogP contribution in [0.15, 0.2) is 24.7 Å². The van der Waals surface area contributed by atoms with E-state index in [-0.39, 0.29) is 5.91 Å². The highest BCUT2D eigenvalue weighted by molar-refractivity contribution is 5.94. The van der Waals surface area contributed by atoms with Crippen molar-refractivity contribution in [2.75, 3.05) is 13.1 Å².